The van der Waals surface area contributed by atoms with Gasteiger partial charge >= 0.3 is 0 Å². The average Bonchev–Trinajstić information content (AvgIpc) is 2.18. The molecule has 0 amide bonds. The molecule has 5 nitrogen and oxygen atoms in total. The number of hydrogen-bond acceptors (Lipinski definition) is 5. The molecule has 2 rings (SSSR count). The molecule has 6 heteroatoms. The van der Waals surface area contributed by atoms with E-state index in [1.807, 2.05) is 0 Å². The number of carbonyl (C=O) groups is 1. The van der Waals surface area contributed by atoms with Gasteiger partial charge in [-0.1, -0.05) is 11.6 Å². The van der Waals surface area contributed by atoms with Gasteiger partial charge < -0.3 is 15.6 Å². The van der Waals surface area contributed by atoms with Crippen molar-refractivity contribution < 1.29 is 9.90 Å². The molecule has 15 heavy (non-hydrogen) atoms. The number of nitrogens with zero attached hydrogens (tertiary/aromatic N) is 2. The third-order valence-electron chi connectivity index (χ3n) is 1.95. The third-order valence-corrected chi connectivity index (χ3v) is 2.17. The van der Waals surface area contributed by atoms with E-state index in [2.05, 4.69) is 9.97 Å². The van der Waals surface area contributed by atoms with E-state index in [-0.39, 0.29) is 21.9 Å². The van der Waals surface area contributed by atoms with Gasteiger partial charge in [-0.05, 0) is 12.1 Å². The summed E-state index contributed by atoms with van der Waals surface area (Å²) in [6.45, 7) is 0. The Balaban J connectivity index is 2.92. The van der Waals surface area contributed by atoms with Crippen LogP contribution in [0.25, 0.3) is 10.9 Å². The predicted octanol–water partition coefficient (Wildman–Crippen LogP) is 0.229. The van der Waals surface area contributed by atoms with E-state index < -0.39 is 5.97 Å². The number of carbonyl (C=O) groups excluding carboxylic acids is 1. The van der Waals surface area contributed by atoms with Crippen LogP contribution in [-0.2, 0) is 0 Å². The topological polar surface area (TPSA) is 91.9 Å². The Morgan fingerprint density at radius 3 is 2.80 bits per heavy atom. The number of hydrogen-bond donors (Lipinski definition) is 1. The molecule has 2 aromatic rings. The summed E-state index contributed by atoms with van der Waals surface area (Å²) in [6, 6.07) is 2.78. The van der Waals surface area contributed by atoms with Crippen molar-refractivity contribution in [1.29, 1.82) is 0 Å². The van der Waals surface area contributed by atoms with Crippen molar-refractivity contribution in [2.75, 3.05) is 5.73 Å². The Bertz CT molecular complexity index is 556. The van der Waals surface area contributed by atoms with Crippen molar-refractivity contribution in [3.05, 3.63) is 29.0 Å². The molecule has 0 spiro atoms. The number of nitrogen functional groups attached to an aromatic ring is 1. The number of benzene rings is 1. The fraction of sp³-hybridized carbons (Fsp3) is 0. The molecule has 0 radical (unpaired) electrons. The summed E-state index contributed by atoms with van der Waals surface area (Å²) < 4.78 is 0. The first-order valence-electron chi connectivity index (χ1n) is 4.00. The van der Waals surface area contributed by atoms with Crippen molar-refractivity contribution in [1.82, 2.24) is 9.97 Å². The molecule has 0 aliphatic carbocycles. The van der Waals surface area contributed by atoms with E-state index >= 15 is 0 Å². The summed E-state index contributed by atoms with van der Waals surface area (Å²) in [5, 5.41) is 11.5. The molecule has 0 saturated carbocycles. The lowest BCUT2D eigenvalue weighted by atomic mass is 10.1. The largest absolute Gasteiger partial charge is 0.545 e. The highest BCUT2D eigenvalue weighted by Crippen LogP contribution is 2.24. The maximum absolute atomic E-state index is 10.8. The van der Waals surface area contributed by atoms with Crippen LogP contribution in [0.1, 0.15) is 10.4 Å². The van der Waals surface area contributed by atoms with E-state index in [0.29, 0.717) is 5.39 Å². The standard InChI is InChI=1S/C9H6ClN3O2/c10-4-1-5-7(6(2-4)9(14)15)12-3-13-8(5)11/h1-3H,(H,14,15)(H2,11,12,13)/p-1. The van der Waals surface area contributed by atoms with Crippen LogP contribution in [-0.4, -0.2) is 15.9 Å². The summed E-state index contributed by atoms with van der Waals surface area (Å²) >= 11 is 5.74. The number of rotatable bonds is 1. The molecule has 0 bridgehead atoms. The van der Waals surface area contributed by atoms with Gasteiger partial charge in [-0.25, -0.2) is 9.97 Å². The summed E-state index contributed by atoms with van der Waals surface area (Å²) in [5.74, 6) is -1.16. The van der Waals surface area contributed by atoms with Crippen molar-refractivity contribution >= 4 is 34.3 Å². The fourth-order valence-electron chi connectivity index (χ4n) is 1.31. The number of fused-ring (bicyclic) bond motifs is 1. The summed E-state index contributed by atoms with van der Waals surface area (Å²) in [4.78, 5) is 18.4. The van der Waals surface area contributed by atoms with E-state index in [1.54, 1.807) is 0 Å². The van der Waals surface area contributed by atoms with Gasteiger partial charge in [-0.2, -0.15) is 0 Å². The average molecular weight is 223 g/mol. The smallest absolute Gasteiger partial charge is 0.134 e. The summed E-state index contributed by atoms with van der Waals surface area (Å²) in [5.41, 5.74) is 5.71. The Kier molecular flexibility index (Phi) is 2.17. The minimum Gasteiger partial charge on any atom is -0.545 e. The molecule has 0 aliphatic heterocycles. The number of aromatic nitrogens is 2. The van der Waals surface area contributed by atoms with Crippen LogP contribution >= 0.6 is 11.6 Å². The van der Waals surface area contributed by atoms with Crippen LogP contribution in [0.2, 0.25) is 5.02 Å². The number of aromatic carboxylic acids is 1. The monoisotopic (exact) mass is 222 g/mol. The molecule has 76 valence electrons. The van der Waals surface area contributed by atoms with Crippen molar-refractivity contribution in [3.63, 3.8) is 0 Å². The lowest BCUT2D eigenvalue weighted by Gasteiger charge is -2.08. The van der Waals surface area contributed by atoms with Crippen LogP contribution in [0.15, 0.2) is 18.5 Å². The van der Waals surface area contributed by atoms with E-state index in [1.165, 1.54) is 18.5 Å². The highest BCUT2D eigenvalue weighted by atomic mass is 35.5. The molecule has 0 saturated heterocycles. The SMILES string of the molecule is Nc1ncnc2c(C(=O)[O-])cc(Cl)cc12. The van der Waals surface area contributed by atoms with Crippen LogP contribution in [0.4, 0.5) is 5.82 Å². The Hall–Kier alpha value is -1.88. The lowest BCUT2D eigenvalue weighted by Crippen LogP contribution is -2.22. The Morgan fingerprint density at radius 1 is 1.40 bits per heavy atom. The summed E-state index contributed by atoms with van der Waals surface area (Å²) in [6.07, 6.45) is 1.19. The minimum atomic E-state index is -1.35. The maximum Gasteiger partial charge on any atom is 0.134 e. The van der Waals surface area contributed by atoms with E-state index in [0.717, 1.165) is 0 Å². The van der Waals surface area contributed by atoms with Crippen molar-refractivity contribution in [2.45, 2.75) is 0 Å². The zero-order chi connectivity index (χ0) is 11.0. The second-order valence-corrected chi connectivity index (χ2v) is 3.33. The number of nitrogens with two attached hydrogens (primary N) is 1. The first-order valence-corrected chi connectivity index (χ1v) is 4.38. The van der Waals surface area contributed by atoms with Gasteiger partial charge in [0.15, 0.2) is 0 Å². The van der Waals surface area contributed by atoms with Crippen LogP contribution in [0, 0.1) is 0 Å². The molecular formula is C9H5ClN3O2-. The van der Waals surface area contributed by atoms with E-state index in [4.69, 9.17) is 17.3 Å². The second kappa shape index (κ2) is 3.36. The fourth-order valence-corrected chi connectivity index (χ4v) is 1.53. The molecular weight excluding hydrogens is 218 g/mol. The first kappa shape index (κ1) is 9.67. The predicted molar refractivity (Wildman–Crippen MR) is 53.3 cm³/mol. The van der Waals surface area contributed by atoms with E-state index in [9.17, 15) is 9.90 Å². The van der Waals surface area contributed by atoms with Gasteiger partial charge in [0.05, 0.1) is 11.5 Å². The first-order chi connectivity index (χ1) is 7.09. The quantitative estimate of drug-likeness (QED) is 0.746. The summed E-state index contributed by atoms with van der Waals surface area (Å²) in [7, 11) is 0. The third kappa shape index (κ3) is 1.57. The number of anilines is 1. The normalized spacial score (nSPS) is 10.5. The number of halogens is 1. The molecule has 0 fully saturated rings. The highest BCUT2D eigenvalue weighted by Gasteiger charge is 2.08. The molecule has 2 N–H and O–H groups in total. The van der Waals surface area contributed by atoms with Gasteiger partial charge in [0.25, 0.3) is 0 Å². The van der Waals surface area contributed by atoms with Crippen LogP contribution < -0.4 is 10.8 Å². The molecule has 0 unspecified atom stereocenters. The van der Waals surface area contributed by atoms with Gasteiger partial charge in [-0.3, -0.25) is 0 Å². The minimum absolute atomic E-state index is 0.0911. The zero-order valence-corrected chi connectivity index (χ0v) is 8.15. The number of carboxylic acids is 1. The van der Waals surface area contributed by atoms with Crippen molar-refractivity contribution in [2.24, 2.45) is 0 Å². The maximum atomic E-state index is 10.8. The van der Waals surface area contributed by atoms with Crippen LogP contribution in [0.5, 0.6) is 0 Å². The van der Waals surface area contributed by atoms with Gasteiger partial charge in [0.2, 0.25) is 0 Å². The lowest BCUT2D eigenvalue weighted by molar-refractivity contribution is -0.254. The Morgan fingerprint density at radius 2 is 2.13 bits per heavy atom. The molecule has 0 atom stereocenters. The van der Waals surface area contributed by atoms with Crippen molar-refractivity contribution in [3.8, 4) is 0 Å². The second-order valence-electron chi connectivity index (χ2n) is 2.90. The van der Waals surface area contributed by atoms with Gasteiger partial charge in [0.1, 0.15) is 12.1 Å². The molecule has 1 heterocycles. The molecule has 0 aliphatic rings. The van der Waals surface area contributed by atoms with Gasteiger partial charge in [0, 0.05) is 16.0 Å². The van der Waals surface area contributed by atoms with Crippen LogP contribution in [0.3, 0.4) is 0 Å². The highest BCUT2D eigenvalue weighted by molar-refractivity contribution is 6.32. The molecule has 1 aromatic heterocycles. The van der Waals surface area contributed by atoms with Gasteiger partial charge in [-0.15, -0.1) is 0 Å². The Labute approximate surface area is 89.5 Å². The molecule has 1 aromatic carbocycles. The number of carboxylic acid groups (broad SMARTS) is 1. The zero-order valence-electron chi connectivity index (χ0n) is 7.40.